The van der Waals surface area contributed by atoms with Crippen LogP contribution in [0.5, 0.6) is 0 Å². The Hall–Kier alpha value is -0.380. The summed E-state index contributed by atoms with van der Waals surface area (Å²) in [5.74, 6) is 0. The smallest absolute Gasteiger partial charge is 0.0672 e. The molecule has 2 unspecified atom stereocenters. The van der Waals surface area contributed by atoms with E-state index in [-0.39, 0.29) is 0 Å². The number of ether oxygens (including phenoxy) is 2. The highest BCUT2D eigenvalue weighted by Gasteiger charge is 2.56. The fourth-order valence-electron chi connectivity index (χ4n) is 3.72. The highest BCUT2D eigenvalue weighted by atomic mass is 16.5. The Kier molecular flexibility index (Phi) is 5.43. The van der Waals surface area contributed by atoms with Crippen molar-refractivity contribution in [3.05, 3.63) is 12.2 Å². The van der Waals surface area contributed by atoms with E-state index in [1.807, 2.05) is 6.92 Å². The van der Waals surface area contributed by atoms with Crippen LogP contribution in [0, 0.1) is 5.41 Å². The molecule has 2 saturated carbocycles. The van der Waals surface area contributed by atoms with Gasteiger partial charge in [0.25, 0.3) is 0 Å². The van der Waals surface area contributed by atoms with E-state index in [0.29, 0.717) is 24.2 Å². The molecule has 2 atom stereocenters. The molecule has 0 aromatic carbocycles. The summed E-state index contributed by atoms with van der Waals surface area (Å²) in [5, 5.41) is 3.68. The normalized spacial score (nSPS) is 28.5. The molecule has 3 nitrogen and oxygen atoms in total. The Balaban J connectivity index is 1.70. The predicted octanol–water partition coefficient (Wildman–Crippen LogP) is 2.91. The minimum absolute atomic E-state index is 0.435. The van der Waals surface area contributed by atoms with Gasteiger partial charge in [-0.1, -0.05) is 25.0 Å². The van der Waals surface area contributed by atoms with E-state index >= 15 is 0 Å². The number of rotatable bonds is 8. The summed E-state index contributed by atoms with van der Waals surface area (Å²) in [4.78, 5) is 0. The number of nitrogens with one attached hydrogen (secondary N) is 1. The minimum Gasteiger partial charge on any atom is -0.378 e. The van der Waals surface area contributed by atoms with E-state index in [1.165, 1.54) is 32.1 Å². The summed E-state index contributed by atoms with van der Waals surface area (Å²) in [6, 6.07) is 0.639. The van der Waals surface area contributed by atoms with Gasteiger partial charge in [0, 0.05) is 24.6 Å². The third-order valence-electron chi connectivity index (χ3n) is 4.67. The fourth-order valence-corrected chi connectivity index (χ4v) is 3.72. The lowest BCUT2D eigenvalue weighted by molar-refractivity contribution is -0.130. The molecule has 0 aromatic rings. The third-order valence-corrected chi connectivity index (χ3v) is 4.67. The zero-order chi connectivity index (χ0) is 13.7. The molecular weight excluding hydrogens is 238 g/mol. The van der Waals surface area contributed by atoms with Crippen LogP contribution >= 0.6 is 0 Å². The molecule has 0 bridgehead atoms. The molecule has 1 spiro atoms. The van der Waals surface area contributed by atoms with Crippen LogP contribution in [0.4, 0.5) is 0 Å². The first-order chi connectivity index (χ1) is 9.19. The highest BCUT2D eigenvalue weighted by molar-refractivity contribution is 5.09. The Morgan fingerprint density at radius 1 is 1.37 bits per heavy atom. The molecule has 110 valence electrons. The summed E-state index contributed by atoms with van der Waals surface area (Å²) in [5.41, 5.74) is 1.52. The van der Waals surface area contributed by atoms with E-state index in [0.717, 1.165) is 25.3 Å². The van der Waals surface area contributed by atoms with Crippen LogP contribution in [0.15, 0.2) is 12.2 Å². The maximum Gasteiger partial charge on any atom is 0.0672 e. The van der Waals surface area contributed by atoms with Gasteiger partial charge in [0.1, 0.15) is 0 Å². The summed E-state index contributed by atoms with van der Waals surface area (Å²) >= 11 is 0. The lowest BCUT2D eigenvalue weighted by Crippen LogP contribution is -2.63. The van der Waals surface area contributed by atoms with Crippen LogP contribution in [0.3, 0.4) is 0 Å². The van der Waals surface area contributed by atoms with E-state index in [1.54, 1.807) is 0 Å². The zero-order valence-corrected chi connectivity index (χ0v) is 12.5. The summed E-state index contributed by atoms with van der Waals surface area (Å²) in [7, 11) is 0. The van der Waals surface area contributed by atoms with Crippen molar-refractivity contribution in [1.82, 2.24) is 5.32 Å². The van der Waals surface area contributed by atoms with Crippen molar-refractivity contribution in [2.45, 2.75) is 58.1 Å². The molecule has 0 saturated heterocycles. The van der Waals surface area contributed by atoms with Gasteiger partial charge in [-0.05, 0) is 33.1 Å². The molecule has 0 heterocycles. The van der Waals surface area contributed by atoms with Gasteiger partial charge in [0.15, 0.2) is 0 Å². The van der Waals surface area contributed by atoms with Crippen molar-refractivity contribution in [1.29, 1.82) is 0 Å². The van der Waals surface area contributed by atoms with Crippen molar-refractivity contribution >= 4 is 0 Å². The summed E-state index contributed by atoms with van der Waals surface area (Å²) < 4.78 is 11.5. The van der Waals surface area contributed by atoms with Gasteiger partial charge in [0.05, 0.1) is 19.3 Å². The van der Waals surface area contributed by atoms with Crippen molar-refractivity contribution in [2.75, 3.05) is 26.4 Å². The molecule has 3 heteroatoms. The zero-order valence-electron chi connectivity index (χ0n) is 12.5. The SMILES string of the molecule is C=C(C)COCCNC1CC(OCC)C12CCCC2. The molecule has 19 heavy (non-hydrogen) atoms. The molecule has 0 aromatic heterocycles. The number of hydrogen-bond donors (Lipinski definition) is 1. The lowest BCUT2D eigenvalue weighted by Gasteiger charge is -2.54. The average Bonchev–Trinajstić information content (AvgIpc) is 2.88. The van der Waals surface area contributed by atoms with Crippen molar-refractivity contribution in [2.24, 2.45) is 5.41 Å². The molecule has 0 radical (unpaired) electrons. The largest absolute Gasteiger partial charge is 0.378 e. The lowest BCUT2D eigenvalue weighted by atomic mass is 9.60. The molecule has 0 amide bonds. The van der Waals surface area contributed by atoms with E-state index < -0.39 is 0 Å². The van der Waals surface area contributed by atoms with Crippen molar-refractivity contribution < 1.29 is 9.47 Å². The molecule has 2 rings (SSSR count). The standard InChI is InChI=1S/C16H29NO2/c1-4-19-15-11-14(16(15)7-5-6-8-16)17-9-10-18-12-13(2)3/h14-15,17H,2,4-12H2,1,3H3. The van der Waals surface area contributed by atoms with E-state index in [9.17, 15) is 0 Å². The Morgan fingerprint density at radius 2 is 2.11 bits per heavy atom. The Morgan fingerprint density at radius 3 is 2.74 bits per heavy atom. The van der Waals surface area contributed by atoms with Crippen LogP contribution < -0.4 is 5.32 Å². The quantitative estimate of drug-likeness (QED) is 0.542. The highest BCUT2D eigenvalue weighted by Crippen LogP contribution is 2.54. The third kappa shape index (κ3) is 3.39. The first kappa shape index (κ1) is 15.0. The van der Waals surface area contributed by atoms with Crippen LogP contribution in [-0.2, 0) is 9.47 Å². The molecule has 0 aliphatic heterocycles. The maximum absolute atomic E-state index is 5.92. The van der Waals surface area contributed by atoms with Crippen LogP contribution in [0.1, 0.15) is 46.0 Å². The van der Waals surface area contributed by atoms with Crippen LogP contribution in [0.25, 0.3) is 0 Å². The van der Waals surface area contributed by atoms with E-state index in [4.69, 9.17) is 9.47 Å². The summed E-state index contributed by atoms with van der Waals surface area (Å²) in [6.45, 7) is 11.2. The Bertz CT molecular complexity index is 297. The Labute approximate surface area is 117 Å². The topological polar surface area (TPSA) is 30.5 Å². The van der Waals surface area contributed by atoms with Crippen LogP contribution in [0.2, 0.25) is 0 Å². The maximum atomic E-state index is 5.92. The van der Waals surface area contributed by atoms with Gasteiger partial charge in [0.2, 0.25) is 0 Å². The van der Waals surface area contributed by atoms with E-state index in [2.05, 4.69) is 18.8 Å². The summed E-state index contributed by atoms with van der Waals surface area (Å²) in [6.07, 6.45) is 7.08. The second-order valence-corrected chi connectivity index (χ2v) is 6.14. The van der Waals surface area contributed by atoms with Gasteiger partial charge in [-0.2, -0.15) is 0 Å². The molecule has 2 aliphatic carbocycles. The number of hydrogen-bond acceptors (Lipinski definition) is 3. The monoisotopic (exact) mass is 267 g/mol. The minimum atomic E-state index is 0.435. The van der Waals surface area contributed by atoms with Gasteiger partial charge in [-0.3, -0.25) is 0 Å². The second kappa shape index (κ2) is 6.87. The molecule has 2 aliphatic rings. The molecule has 1 N–H and O–H groups in total. The van der Waals surface area contributed by atoms with Crippen molar-refractivity contribution in [3.8, 4) is 0 Å². The first-order valence-corrected chi connectivity index (χ1v) is 7.76. The molecule has 2 fully saturated rings. The van der Waals surface area contributed by atoms with Gasteiger partial charge >= 0.3 is 0 Å². The average molecular weight is 267 g/mol. The van der Waals surface area contributed by atoms with Gasteiger partial charge in [-0.25, -0.2) is 0 Å². The van der Waals surface area contributed by atoms with Crippen molar-refractivity contribution in [3.63, 3.8) is 0 Å². The predicted molar refractivity (Wildman–Crippen MR) is 78.4 cm³/mol. The molecular formula is C16H29NO2. The van der Waals surface area contributed by atoms with Gasteiger partial charge < -0.3 is 14.8 Å². The van der Waals surface area contributed by atoms with Crippen LogP contribution in [-0.4, -0.2) is 38.5 Å². The fraction of sp³-hybridized carbons (Fsp3) is 0.875. The first-order valence-electron chi connectivity index (χ1n) is 7.76. The van der Waals surface area contributed by atoms with Gasteiger partial charge in [-0.15, -0.1) is 0 Å². The second-order valence-electron chi connectivity index (χ2n) is 6.14.